The van der Waals surface area contributed by atoms with Crippen LogP contribution >= 0.6 is 0 Å². The molecule has 1 heterocycles. The summed E-state index contributed by atoms with van der Waals surface area (Å²) in [4.78, 5) is -3.13. The highest BCUT2D eigenvalue weighted by molar-refractivity contribution is 5.12. The Hall–Kier alpha value is -1.38. The normalized spacial score (nSPS) is 26.7. The zero-order valence-electron chi connectivity index (χ0n) is 10.3. The molecule has 3 nitrogen and oxygen atoms in total. The van der Waals surface area contributed by atoms with Crippen molar-refractivity contribution in [1.82, 2.24) is 4.90 Å². The van der Waals surface area contributed by atoms with E-state index in [2.05, 4.69) is 4.74 Å². The van der Waals surface area contributed by atoms with Crippen molar-refractivity contribution in [3.05, 3.63) is 11.8 Å². The number of ether oxygens (including phenoxy) is 2. The third kappa shape index (κ3) is 2.68. The van der Waals surface area contributed by atoms with Gasteiger partial charge in [-0.3, -0.25) is 0 Å². The van der Waals surface area contributed by atoms with Gasteiger partial charge in [-0.2, -0.15) is 52.7 Å². The number of hydrogen-bond donors (Lipinski definition) is 0. The van der Waals surface area contributed by atoms with E-state index in [1.165, 1.54) is 0 Å². The van der Waals surface area contributed by atoms with E-state index in [1.807, 2.05) is 4.74 Å². The second-order valence-electron chi connectivity index (χ2n) is 3.88. The van der Waals surface area contributed by atoms with E-state index in [4.69, 9.17) is 0 Å². The summed E-state index contributed by atoms with van der Waals surface area (Å²) >= 11 is 0. The molecule has 1 rings (SSSR count). The van der Waals surface area contributed by atoms with Gasteiger partial charge in [-0.15, -0.1) is 0 Å². The highest BCUT2D eigenvalue weighted by atomic mass is 19.4. The Morgan fingerprint density at radius 3 is 1.52 bits per heavy atom. The van der Waals surface area contributed by atoms with Crippen LogP contribution in [0.3, 0.4) is 0 Å². The fourth-order valence-electron chi connectivity index (χ4n) is 1.27. The fraction of sp³-hybridized carbons (Fsp3) is 0.750. The smallest absolute Gasteiger partial charge is 0.318 e. The molecule has 0 amide bonds. The largest absolute Gasteiger partial charge is 0.445 e. The lowest BCUT2D eigenvalue weighted by Gasteiger charge is -2.47. The van der Waals surface area contributed by atoms with Gasteiger partial charge in [0.25, 0.3) is 5.83 Å². The zero-order chi connectivity index (χ0) is 18.6. The van der Waals surface area contributed by atoms with Crippen LogP contribution in [-0.4, -0.2) is 42.4 Å². The number of alkyl halides is 10. The summed E-state index contributed by atoms with van der Waals surface area (Å²) in [5.41, 5.74) is 0. The molecule has 0 saturated carbocycles. The van der Waals surface area contributed by atoms with Crippen molar-refractivity contribution >= 4 is 0 Å². The molecule has 1 aliphatic heterocycles. The molecule has 0 aliphatic carbocycles. The minimum Gasteiger partial charge on any atom is -0.318 e. The van der Waals surface area contributed by atoms with Gasteiger partial charge in [0.05, 0.1) is 0 Å². The van der Waals surface area contributed by atoms with Crippen molar-refractivity contribution in [3.63, 3.8) is 0 Å². The highest BCUT2D eigenvalue weighted by Crippen LogP contribution is 2.57. The molecule has 1 saturated heterocycles. The van der Waals surface area contributed by atoms with Crippen molar-refractivity contribution in [2.45, 2.75) is 30.4 Å². The molecule has 1 aliphatic rings. The van der Waals surface area contributed by atoms with E-state index < -0.39 is 47.1 Å². The quantitative estimate of drug-likeness (QED) is 0.551. The number of morpholine rings is 1. The summed E-state index contributed by atoms with van der Waals surface area (Å²) in [7, 11) is -0.0499. The lowest BCUT2D eigenvalue weighted by molar-refractivity contribution is -0.559. The van der Waals surface area contributed by atoms with Gasteiger partial charge >= 0.3 is 30.4 Å². The maximum atomic E-state index is 13.2. The second kappa shape index (κ2) is 5.06. The van der Waals surface area contributed by atoms with Gasteiger partial charge in [-0.05, 0) is 0 Å². The second-order valence-corrected chi connectivity index (χ2v) is 3.88. The molecule has 0 aromatic rings. The average Bonchev–Trinajstić information content (AvgIpc) is 2.34. The Kier molecular flexibility index (Phi) is 4.32. The first-order valence-corrected chi connectivity index (χ1v) is 4.96. The van der Waals surface area contributed by atoms with Crippen LogP contribution in [0.5, 0.6) is 0 Å². The van der Waals surface area contributed by atoms with E-state index in [9.17, 15) is 52.7 Å². The standard InChI is InChI=1S/C8H3F12NO2/c1-22-4(11,12)2(9)3(10)21-5(13,14)7(17,18)23-8(19,20)6(21,15)16/h1H3/b3-2-. The van der Waals surface area contributed by atoms with Crippen LogP contribution < -0.4 is 0 Å². The van der Waals surface area contributed by atoms with E-state index in [0.29, 0.717) is 0 Å². The summed E-state index contributed by atoms with van der Waals surface area (Å²) in [5.74, 6) is -7.97. The molecular formula is C8H3F12NO2. The first-order chi connectivity index (χ1) is 9.96. The van der Waals surface area contributed by atoms with E-state index in [1.54, 1.807) is 0 Å². The van der Waals surface area contributed by atoms with Crippen LogP contribution in [0.4, 0.5) is 52.7 Å². The van der Waals surface area contributed by atoms with Gasteiger partial charge in [0.1, 0.15) is 0 Å². The van der Waals surface area contributed by atoms with Gasteiger partial charge < -0.3 is 4.74 Å². The minimum absolute atomic E-state index is 0.0499. The lowest BCUT2D eigenvalue weighted by Crippen LogP contribution is -2.73. The van der Waals surface area contributed by atoms with Crippen LogP contribution in [0.2, 0.25) is 0 Å². The van der Waals surface area contributed by atoms with Gasteiger partial charge in [0, 0.05) is 7.11 Å². The number of halogens is 12. The van der Waals surface area contributed by atoms with Gasteiger partial charge in [-0.25, -0.2) is 9.64 Å². The Bertz CT molecular complexity index is 489. The Morgan fingerprint density at radius 1 is 0.870 bits per heavy atom. The van der Waals surface area contributed by atoms with Crippen LogP contribution in [0.1, 0.15) is 0 Å². The SMILES string of the molecule is COC(F)(F)/C(F)=C(\F)N1C(F)(F)C(F)(F)OC(F)(F)C1(F)F. The molecule has 0 aromatic heterocycles. The Morgan fingerprint density at radius 2 is 1.22 bits per heavy atom. The predicted octanol–water partition coefficient (Wildman–Crippen LogP) is 4.04. The van der Waals surface area contributed by atoms with Crippen molar-refractivity contribution in [2.75, 3.05) is 7.11 Å². The third-order valence-electron chi connectivity index (χ3n) is 2.41. The molecule has 0 bridgehead atoms. The number of hydrogen-bond acceptors (Lipinski definition) is 3. The summed E-state index contributed by atoms with van der Waals surface area (Å²) < 4.78 is 160. The molecule has 0 spiro atoms. The number of nitrogens with zero attached hydrogens (tertiary/aromatic N) is 1. The van der Waals surface area contributed by atoms with Crippen molar-refractivity contribution in [1.29, 1.82) is 0 Å². The van der Waals surface area contributed by atoms with Crippen LogP contribution in [0.25, 0.3) is 0 Å². The first kappa shape index (κ1) is 19.7. The topological polar surface area (TPSA) is 21.7 Å². The number of rotatable bonds is 3. The summed E-state index contributed by atoms with van der Waals surface area (Å²) in [5, 5.41) is 0. The van der Waals surface area contributed by atoms with E-state index in [-0.39, 0.29) is 7.11 Å². The summed E-state index contributed by atoms with van der Waals surface area (Å²) in [6.45, 7) is 0. The molecule has 0 N–H and O–H groups in total. The van der Waals surface area contributed by atoms with Crippen molar-refractivity contribution in [3.8, 4) is 0 Å². The monoisotopic (exact) mass is 373 g/mol. The third-order valence-corrected chi connectivity index (χ3v) is 2.41. The summed E-state index contributed by atoms with van der Waals surface area (Å²) in [6.07, 6.45) is -18.5. The van der Waals surface area contributed by atoms with Gasteiger partial charge in [0.15, 0.2) is 0 Å². The minimum atomic E-state index is -6.66. The van der Waals surface area contributed by atoms with Gasteiger partial charge in [-0.1, -0.05) is 0 Å². The van der Waals surface area contributed by atoms with Crippen molar-refractivity contribution < 1.29 is 62.2 Å². The van der Waals surface area contributed by atoms with Crippen LogP contribution in [-0.2, 0) is 9.47 Å². The molecule has 136 valence electrons. The molecule has 0 radical (unpaired) electrons. The average molecular weight is 373 g/mol. The molecule has 0 aromatic carbocycles. The zero-order valence-corrected chi connectivity index (χ0v) is 10.3. The Labute approximate surface area is 118 Å². The highest BCUT2D eigenvalue weighted by Gasteiger charge is 2.84. The first-order valence-electron chi connectivity index (χ1n) is 4.96. The molecule has 23 heavy (non-hydrogen) atoms. The fourth-order valence-corrected chi connectivity index (χ4v) is 1.27. The van der Waals surface area contributed by atoms with E-state index in [0.717, 1.165) is 0 Å². The predicted molar refractivity (Wildman–Crippen MR) is 43.9 cm³/mol. The van der Waals surface area contributed by atoms with Crippen LogP contribution in [0, 0.1) is 0 Å². The van der Waals surface area contributed by atoms with Gasteiger partial charge in [0.2, 0.25) is 5.95 Å². The molecule has 0 atom stereocenters. The molecule has 0 unspecified atom stereocenters. The van der Waals surface area contributed by atoms with Crippen LogP contribution in [0.15, 0.2) is 11.8 Å². The molecular weight excluding hydrogens is 370 g/mol. The Balaban J connectivity index is 3.65. The lowest BCUT2D eigenvalue weighted by atomic mass is 10.2. The summed E-state index contributed by atoms with van der Waals surface area (Å²) in [6, 6.07) is -13.3. The maximum Gasteiger partial charge on any atom is 0.445 e. The van der Waals surface area contributed by atoms with Crippen molar-refractivity contribution in [2.24, 2.45) is 0 Å². The molecule has 1 fully saturated rings. The maximum absolute atomic E-state index is 13.2. The molecule has 15 heteroatoms. The van der Waals surface area contributed by atoms with E-state index >= 15 is 0 Å². The number of methoxy groups -OCH3 is 1.